The second-order valence-electron chi connectivity index (χ2n) is 7.62. The number of benzene rings is 2. The van der Waals surface area contributed by atoms with Crippen LogP contribution in [0.2, 0.25) is 0 Å². The smallest absolute Gasteiger partial charge is 0.323 e. The zero-order valence-electron chi connectivity index (χ0n) is 17.8. The second-order valence-corrected chi connectivity index (χ2v) is 7.62. The molecule has 0 radical (unpaired) electrons. The summed E-state index contributed by atoms with van der Waals surface area (Å²) in [5.41, 5.74) is 1.98. The van der Waals surface area contributed by atoms with Gasteiger partial charge in [0.25, 0.3) is 11.5 Å². The maximum atomic E-state index is 12.7. The molecule has 3 amide bonds. The maximum absolute atomic E-state index is 12.7. The first kappa shape index (κ1) is 21.5. The number of carbonyl (C=O) groups is 2. The molecule has 166 valence electrons. The van der Waals surface area contributed by atoms with Gasteiger partial charge < -0.3 is 20.3 Å². The van der Waals surface area contributed by atoms with Gasteiger partial charge in [0.1, 0.15) is 0 Å². The summed E-state index contributed by atoms with van der Waals surface area (Å²) in [7, 11) is 1.57. The molecule has 1 aliphatic rings. The summed E-state index contributed by atoms with van der Waals surface area (Å²) >= 11 is 0. The number of hydrogen-bond acceptors (Lipinski definition) is 5. The summed E-state index contributed by atoms with van der Waals surface area (Å²) in [4.78, 5) is 43.6. The van der Waals surface area contributed by atoms with Crippen molar-refractivity contribution in [2.75, 3.05) is 37.4 Å². The molecular formula is C23H25N5O4. The second kappa shape index (κ2) is 9.61. The van der Waals surface area contributed by atoms with E-state index >= 15 is 0 Å². The Hall–Kier alpha value is -3.72. The van der Waals surface area contributed by atoms with Gasteiger partial charge in [-0.05, 0) is 55.3 Å². The maximum Gasteiger partial charge on any atom is 0.323 e. The van der Waals surface area contributed by atoms with Crippen molar-refractivity contribution in [3.8, 4) is 0 Å². The summed E-state index contributed by atoms with van der Waals surface area (Å²) in [6.45, 7) is 2.38. The van der Waals surface area contributed by atoms with Crippen LogP contribution in [0, 0.1) is 0 Å². The number of amides is 3. The van der Waals surface area contributed by atoms with E-state index in [4.69, 9.17) is 4.74 Å². The van der Waals surface area contributed by atoms with Crippen LogP contribution in [0.3, 0.4) is 0 Å². The van der Waals surface area contributed by atoms with Crippen molar-refractivity contribution in [3.63, 3.8) is 0 Å². The Morgan fingerprint density at radius 3 is 2.44 bits per heavy atom. The third-order valence-electron chi connectivity index (χ3n) is 5.40. The highest BCUT2D eigenvalue weighted by Gasteiger charge is 2.19. The van der Waals surface area contributed by atoms with E-state index < -0.39 is 6.03 Å². The van der Waals surface area contributed by atoms with Gasteiger partial charge in [0.05, 0.1) is 30.4 Å². The van der Waals surface area contributed by atoms with Crippen molar-refractivity contribution in [2.45, 2.75) is 19.4 Å². The van der Waals surface area contributed by atoms with Gasteiger partial charge in [-0.25, -0.2) is 9.78 Å². The molecular weight excluding hydrogens is 410 g/mol. The summed E-state index contributed by atoms with van der Waals surface area (Å²) in [5.74, 6) is 0.0134. The van der Waals surface area contributed by atoms with Gasteiger partial charge in [-0.3, -0.25) is 14.2 Å². The van der Waals surface area contributed by atoms with Gasteiger partial charge in [-0.2, -0.15) is 0 Å². The van der Waals surface area contributed by atoms with Crippen molar-refractivity contribution < 1.29 is 14.3 Å². The van der Waals surface area contributed by atoms with E-state index in [1.54, 1.807) is 49.6 Å². The fourth-order valence-corrected chi connectivity index (χ4v) is 3.68. The monoisotopic (exact) mass is 435 g/mol. The normalized spacial score (nSPS) is 13.3. The molecule has 1 aromatic heterocycles. The van der Waals surface area contributed by atoms with Crippen molar-refractivity contribution in [3.05, 3.63) is 64.7 Å². The van der Waals surface area contributed by atoms with E-state index in [1.807, 2.05) is 4.90 Å². The number of urea groups is 1. The van der Waals surface area contributed by atoms with Crippen LogP contribution in [-0.4, -0.2) is 53.2 Å². The van der Waals surface area contributed by atoms with Crippen LogP contribution in [0.25, 0.3) is 10.9 Å². The SMILES string of the molecule is COCCn1cnc2ccc(NC(=O)Nc3ccc(C(=O)N4CCCC4)cc3)cc2c1=O. The number of likely N-dealkylation sites (tertiary alicyclic amines) is 1. The van der Waals surface area contributed by atoms with Crippen LogP contribution in [0.1, 0.15) is 23.2 Å². The first-order valence-electron chi connectivity index (χ1n) is 10.5. The molecule has 0 saturated carbocycles. The van der Waals surface area contributed by atoms with Crippen molar-refractivity contribution in [2.24, 2.45) is 0 Å². The number of rotatable bonds is 6. The van der Waals surface area contributed by atoms with Crippen molar-refractivity contribution >= 4 is 34.2 Å². The molecule has 2 aromatic carbocycles. The van der Waals surface area contributed by atoms with Crippen LogP contribution in [0.4, 0.5) is 16.2 Å². The summed E-state index contributed by atoms with van der Waals surface area (Å²) in [5, 5.41) is 5.87. The molecule has 4 rings (SSSR count). The molecule has 0 aliphatic carbocycles. The largest absolute Gasteiger partial charge is 0.383 e. The van der Waals surface area contributed by atoms with Crippen LogP contribution >= 0.6 is 0 Å². The number of ether oxygens (including phenoxy) is 1. The van der Waals surface area contributed by atoms with Gasteiger partial charge in [0.2, 0.25) is 0 Å². The number of carbonyl (C=O) groups excluding carboxylic acids is 2. The van der Waals surface area contributed by atoms with E-state index in [2.05, 4.69) is 15.6 Å². The highest BCUT2D eigenvalue weighted by molar-refractivity contribution is 6.01. The molecule has 9 heteroatoms. The Labute approximate surface area is 185 Å². The highest BCUT2D eigenvalue weighted by atomic mass is 16.5. The molecule has 0 unspecified atom stereocenters. The lowest BCUT2D eigenvalue weighted by Crippen LogP contribution is -2.27. The predicted molar refractivity (Wildman–Crippen MR) is 122 cm³/mol. The third kappa shape index (κ3) is 4.78. The number of aromatic nitrogens is 2. The number of hydrogen-bond donors (Lipinski definition) is 2. The standard InChI is InChI=1S/C23H25N5O4/c1-32-13-12-28-15-24-20-9-8-18(14-19(20)22(28)30)26-23(31)25-17-6-4-16(5-7-17)21(29)27-10-2-3-11-27/h4-9,14-15H,2-3,10-13H2,1H3,(H2,25,26,31). The molecule has 3 aromatic rings. The zero-order chi connectivity index (χ0) is 22.5. The van der Waals surface area contributed by atoms with Gasteiger partial charge >= 0.3 is 6.03 Å². The minimum atomic E-state index is -0.452. The van der Waals surface area contributed by atoms with Crippen molar-refractivity contribution in [1.29, 1.82) is 0 Å². The number of methoxy groups -OCH3 is 1. The summed E-state index contributed by atoms with van der Waals surface area (Å²) < 4.78 is 6.49. The van der Waals surface area contributed by atoms with Crippen LogP contribution in [-0.2, 0) is 11.3 Å². The summed E-state index contributed by atoms with van der Waals surface area (Å²) in [6, 6.07) is 11.3. The van der Waals surface area contributed by atoms with Crippen LogP contribution in [0.15, 0.2) is 53.6 Å². The van der Waals surface area contributed by atoms with Crippen LogP contribution in [0.5, 0.6) is 0 Å². The lowest BCUT2D eigenvalue weighted by molar-refractivity contribution is 0.0793. The number of nitrogens with zero attached hydrogens (tertiary/aromatic N) is 3. The average Bonchev–Trinajstić information content (AvgIpc) is 3.34. The third-order valence-corrected chi connectivity index (χ3v) is 5.40. The van der Waals surface area contributed by atoms with Gasteiger partial charge in [0.15, 0.2) is 0 Å². The fraction of sp³-hybridized carbons (Fsp3) is 0.304. The Morgan fingerprint density at radius 2 is 1.72 bits per heavy atom. The molecule has 0 atom stereocenters. The molecule has 32 heavy (non-hydrogen) atoms. The zero-order valence-corrected chi connectivity index (χ0v) is 17.8. The van der Waals surface area contributed by atoms with E-state index in [1.165, 1.54) is 10.9 Å². The average molecular weight is 435 g/mol. The first-order chi connectivity index (χ1) is 15.5. The van der Waals surface area contributed by atoms with Gasteiger partial charge in [-0.1, -0.05) is 0 Å². The van der Waals surface area contributed by atoms with Crippen LogP contribution < -0.4 is 16.2 Å². The molecule has 0 spiro atoms. The lowest BCUT2D eigenvalue weighted by atomic mass is 10.2. The topological polar surface area (TPSA) is 106 Å². The molecule has 2 N–H and O–H groups in total. The Kier molecular flexibility index (Phi) is 6.46. The van der Waals surface area contributed by atoms with E-state index in [0.29, 0.717) is 41.0 Å². The first-order valence-corrected chi connectivity index (χ1v) is 10.5. The number of nitrogens with one attached hydrogen (secondary N) is 2. The van der Waals surface area contributed by atoms with Gasteiger partial charge in [-0.15, -0.1) is 0 Å². The molecule has 1 fully saturated rings. The number of fused-ring (bicyclic) bond motifs is 1. The summed E-state index contributed by atoms with van der Waals surface area (Å²) in [6.07, 6.45) is 3.57. The quantitative estimate of drug-likeness (QED) is 0.619. The molecule has 9 nitrogen and oxygen atoms in total. The molecule has 1 saturated heterocycles. The Bertz CT molecular complexity index is 1180. The molecule has 2 heterocycles. The molecule has 1 aliphatic heterocycles. The van der Waals surface area contributed by atoms with Gasteiger partial charge in [0, 0.05) is 37.1 Å². The lowest BCUT2D eigenvalue weighted by Gasteiger charge is -2.15. The highest BCUT2D eigenvalue weighted by Crippen LogP contribution is 2.17. The fourth-order valence-electron chi connectivity index (χ4n) is 3.68. The van der Waals surface area contributed by atoms with E-state index in [9.17, 15) is 14.4 Å². The van der Waals surface area contributed by atoms with E-state index in [-0.39, 0.29) is 11.5 Å². The van der Waals surface area contributed by atoms with E-state index in [0.717, 1.165) is 25.9 Å². The minimum Gasteiger partial charge on any atom is -0.383 e. The Morgan fingerprint density at radius 1 is 1.03 bits per heavy atom. The Balaban J connectivity index is 1.42. The number of anilines is 2. The minimum absolute atomic E-state index is 0.0134. The van der Waals surface area contributed by atoms with Crippen molar-refractivity contribution in [1.82, 2.24) is 14.5 Å². The predicted octanol–water partition coefficient (Wildman–Crippen LogP) is 2.92. The molecule has 0 bridgehead atoms.